The third-order valence-electron chi connectivity index (χ3n) is 5.36. The van der Waals surface area contributed by atoms with Gasteiger partial charge >= 0.3 is 12.2 Å². The summed E-state index contributed by atoms with van der Waals surface area (Å²) in [6.45, 7) is 4.93. The molecule has 3 N–H and O–H groups in total. The molecule has 39 heavy (non-hydrogen) atoms. The second-order valence-corrected chi connectivity index (χ2v) is 10.6. The number of amides is 3. The molecular formula is C29H31Cl2N3O5. The van der Waals surface area contributed by atoms with Crippen molar-refractivity contribution in [2.24, 2.45) is 0 Å². The Morgan fingerprint density at radius 1 is 0.769 bits per heavy atom. The summed E-state index contributed by atoms with van der Waals surface area (Å²) in [4.78, 5) is 38.4. The molecule has 1 atom stereocenters. The first-order chi connectivity index (χ1) is 18.5. The number of hydrogen-bond donors (Lipinski definition) is 3. The molecule has 3 amide bonds. The number of rotatable bonds is 9. The van der Waals surface area contributed by atoms with Crippen LogP contribution in [0.4, 0.5) is 9.59 Å². The number of carbonyl (C=O) groups excluding carboxylic acids is 3. The van der Waals surface area contributed by atoms with Crippen LogP contribution < -0.4 is 16.0 Å². The summed E-state index contributed by atoms with van der Waals surface area (Å²) < 4.78 is 10.6. The Bertz CT molecular complexity index is 1200. The summed E-state index contributed by atoms with van der Waals surface area (Å²) in [5.41, 5.74) is 1.52. The number of carbonyl (C=O) groups is 3. The van der Waals surface area contributed by atoms with E-state index < -0.39 is 35.8 Å². The third-order valence-corrected chi connectivity index (χ3v) is 5.87. The van der Waals surface area contributed by atoms with Crippen molar-refractivity contribution in [3.8, 4) is 0 Å². The Labute approximate surface area is 238 Å². The van der Waals surface area contributed by atoms with Gasteiger partial charge < -0.3 is 25.4 Å². The Morgan fingerprint density at radius 2 is 1.31 bits per heavy atom. The normalized spacial score (nSPS) is 11.8. The van der Waals surface area contributed by atoms with Crippen LogP contribution in [0, 0.1) is 0 Å². The zero-order valence-corrected chi connectivity index (χ0v) is 23.4. The van der Waals surface area contributed by atoms with Crippen LogP contribution in [-0.2, 0) is 20.9 Å². The topological polar surface area (TPSA) is 106 Å². The van der Waals surface area contributed by atoms with Gasteiger partial charge in [0.1, 0.15) is 18.2 Å². The predicted molar refractivity (Wildman–Crippen MR) is 151 cm³/mol. The zero-order chi connectivity index (χ0) is 28.4. The largest absolute Gasteiger partial charge is 0.445 e. The molecule has 0 aliphatic heterocycles. The Balaban J connectivity index is 1.76. The zero-order valence-electron chi connectivity index (χ0n) is 21.9. The summed E-state index contributed by atoms with van der Waals surface area (Å²) in [7, 11) is 0. The molecule has 8 nitrogen and oxygen atoms in total. The predicted octanol–water partition coefficient (Wildman–Crippen LogP) is 6.02. The average molecular weight is 572 g/mol. The maximum atomic E-state index is 13.5. The van der Waals surface area contributed by atoms with Crippen LogP contribution in [0.5, 0.6) is 0 Å². The van der Waals surface area contributed by atoms with Crippen LogP contribution in [0.25, 0.3) is 0 Å². The smallest absolute Gasteiger partial charge is 0.408 e. The Kier molecular flexibility index (Phi) is 10.6. The van der Waals surface area contributed by atoms with E-state index in [9.17, 15) is 14.4 Å². The SMILES string of the molecule is CC(C)(C)OC(=O)NC(CNC(=O)OCc1ccccc1)C(=O)NC(c1ccc(Cl)cc1)c1ccc(Cl)cc1. The number of benzene rings is 3. The second-order valence-electron chi connectivity index (χ2n) is 9.69. The van der Waals surface area contributed by atoms with Crippen LogP contribution in [0.2, 0.25) is 10.0 Å². The average Bonchev–Trinajstić information content (AvgIpc) is 2.89. The molecule has 0 radical (unpaired) electrons. The first-order valence-corrected chi connectivity index (χ1v) is 13.0. The maximum Gasteiger partial charge on any atom is 0.408 e. The third kappa shape index (κ3) is 10.1. The van der Waals surface area contributed by atoms with Gasteiger partial charge in [-0.15, -0.1) is 0 Å². The van der Waals surface area contributed by atoms with E-state index in [1.54, 1.807) is 69.3 Å². The summed E-state index contributed by atoms with van der Waals surface area (Å²) in [6, 6.07) is 21.4. The molecule has 0 aliphatic carbocycles. The van der Waals surface area contributed by atoms with Crippen molar-refractivity contribution in [1.82, 2.24) is 16.0 Å². The van der Waals surface area contributed by atoms with Gasteiger partial charge in [0.2, 0.25) is 5.91 Å². The second kappa shape index (κ2) is 13.9. The van der Waals surface area contributed by atoms with Gasteiger partial charge in [-0.1, -0.05) is 77.8 Å². The van der Waals surface area contributed by atoms with E-state index in [0.29, 0.717) is 10.0 Å². The van der Waals surface area contributed by atoms with Crippen molar-refractivity contribution >= 4 is 41.3 Å². The van der Waals surface area contributed by atoms with Gasteiger partial charge in [-0.25, -0.2) is 9.59 Å². The van der Waals surface area contributed by atoms with Gasteiger partial charge in [0.25, 0.3) is 0 Å². The van der Waals surface area contributed by atoms with Gasteiger partial charge in [0.15, 0.2) is 0 Å². The van der Waals surface area contributed by atoms with Crippen molar-refractivity contribution in [1.29, 1.82) is 0 Å². The molecule has 1 unspecified atom stereocenters. The highest BCUT2D eigenvalue weighted by Crippen LogP contribution is 2.25. The molecule has 3 rings (SSSR count). The quantitative estimate of drug-likeness (QED) is 0.291. The number of alkyl carbamates (subject to hydrolysis) is 2. The summed E-state index contributed by atoms with van der Waals surface area (Å²) in [5.74, 6) is -0.556. The lowest BCUT2D eigenvalue weighted by atomic mass is 9.98. The lowest BCUT2D eigenvalue weighted by Gasteiger charge is -2.26. The maximum absolute atomic E-state index is 13.5. The van der Waals surface area contributed by atoms with Gasteiger partial charge in [0.05, 0.1) is 12.6 Å². The van der Waals surface area contributed by atoms with Crippen molar-refractivity contribution < 1.29 is 23.9 Å². The van der Waals surface area contributed by atoms with Crippen LogP contribution in [0.15, 0.2) is 78.9 Å². The molecule has 0 fully saturated rings. The highest BCUT2D eigenvalue weighted by atomic mass is 35.5. The number of nitrogens with one attached hydrogen (secondary N) is 3. The minimum Gasteiger partial charge on any atom is -0.445 e. The molecule has 0 aromatic heterocycles. The Hall–Kier alpha value is -3.75. The standard InChI is InChI=1S/C29H31Cl2N3O5/c1-29(2,3)39-28(37)33-24(17-32-27(36)38-18-19-7-5-4-6-8-19)26(35)34-25(20-9-13-22(30)14-10-20)21-11-15-23(31)16-12-21/h4-16,24-25H,17-18H2,1-3H3,(H,32,36)(H,33,37)(H,34,35). The fourth-order valence-corrected chi connectivity index (χ4v) is 3.78. The Morgan fingerprint density at radius 3 is 1.82 bits per heavy atom. The van der Waals surface area contributed by atoms with E-state index in [2.05, 4.69) is 16.0 Å². The molecule has 3 aromatic rings. The van der Waals surface area contributed by atoms with Crippen LogP contribution in [0.3, 0.4) is 0 Å². The van der Waals surface area contributed by atoms with E-state index in [-0.39, 0.29) is 13.2 Å². The minimum atomic E-state index is -1.17. The van der Waals surface area contributed by atoms with Gasteiger partial charge in [-0.05, 0) is 61.7 Å². The van der Waals surface area contributed by atoms with Crippen LogP contribution >= 0.6 is 23.2 Å². The van der Waals surface area contributed by atoms with Gasteiger partial charge in [-0.2, -0.15) is 0 Å². The van der Waals surface area contributed by atoms with E-state index in [4.69, 9.17) is 32.7 Å². The number of halogens is 2. The van der Waals surface area contributed by atoms with E-state index in [0.717, 1.165) is 16.7 Å². The summed E-state index contributed by atoms with van der Waals surface area (Å²) in [6.07, 6.45) is -1.55. The lowest BCUT2D eigenvalue weighted by molar-refractivity contribution is -0.123. The molecule has 0 saturated carbocycles. The first-order valence-electron chi connectivity index (χ1n) is 12.3. The molecule has 10 heteroatoms. The van der Waals surface area contributed by atoms with Crippen molar-refractivity contribution in [3.63, 3.8) is 0 Å². The van der Waals surface area contributed by atoms with E-state index in [1.165, 1.54) is 0 Å². The fraction of sp³-hybridized carbons (Fsp3) is 0.276. The molecule has 0 heterocycles. The van der Waals surface area contributed by atoms with Crippen molar-refractivity contribution in [2.75, 3.05) is 6.54 Å². The molecular weight excluding hydrogens is 541 g/mol. The lowest BCUT2D eigenvalue weighted by Crippen LogP contribution is -2.54. The molecule has 0 aliphatic rings. The van der Waals surface area contributed by atoms with Crippen molar-refractivity contribution in [3.05, 3.63) is 106 Å². The van der Waals surface area contributed by atoms with Crippen molar-refractivity contribution in [2.45, 2.75) is 45.1 Å². The van der Waals surface area contributed by atoms with Gasteiger partial charge in [-0.3, -0.25) is 4.79 Å². The number of hydrogen-bond acceptors (Lipinski definition) is 5. The van der Waals surface area contributed by atoms with Gasteiger partial charge in [0, 0.05) is 10.0 Å². The number of ether oxygens (including phenoxy) is 2. The van der Waals surface area contributed by atoms with E-state index >= 15 is 0 Å². The summed E-state index contributed by atoms with van der Waals surface area (Å²) >= 11 is 12.1. The summed E-state index contributed by atoms with van der Waals surface area (Å²) in [5, 5.41) is 9.13. The van der Waals surface area contributed by atoms with E-state index in [1.807, 2.05) is 30.3 Å². The molecule has 0 bridgehead atoms. The molecule has 0 saturated heterocycles. The monoisotopic (exact) mass is 571 g/mol. The van der Waals surface area contributed by atoms with Crippen LogP contribution in [0.1, 0.15) is 43.5 Å². The first kappa shape index (κ1) is 29.8. The van der Waals surface area contributed by atoms with Crippen LogP contribution in [-0.4, -0.2) is 36.3 Å². The minimum absolute atomic E-state index is 0.0538. The molecule has 3 aromatic carbocycles. The fourth-order valence-electron chi connectivity index (χ4n) is 3.53. The highest BCUT2D eigenvalue weighted by molar-refractivity contribution is 6.30. The molecule has 206 valence electrons. The molecule has 0 spiro atoms. The highest BCUT2D eigenvalue weighted by Gasteiger charge is 2.28.